The van der Waals surface area contributed by atoms with Gasteiger partial charge in [0.1, 0.15) is 10.3 Å². The second-order valence-corrected chi connectivity index (χ2v) is 10.5. The van der Waals surface area contributed by atoms with Crippen LogP contribution in [0.4, 0.5) is 0 Å². The topological polar surface area (TPSA) is 62.1 Å². The van der Waals surface area contributed by atoms with E-state index in [0.717, 1.165) is 30.8 Å². The molecule has 0 spiro atoms. The summed E-state index contributed by atoms with van der Waals surface area (Å²) in [6.07, 6.45) is 0.431. The van der Waals surface area contributed by atoms with Crippen LogP contribution in [-0.4, -0.2) is 62.3 Å². The van der Waals surface area contributed by atoms with Gasteiger partial charge in [0.25, 0.3) is 10.0 Å². The molecular formula is C20H26N3O3S2+. The molecule has 8 heteroatoms. The number of quaternary nitrogens is 1. The van der Waals surface area contributed by atoms with Crippen LogP contribution in [0.15, 0.2) is 46.0 Å². The first-order valence-electron chi connectivity index (χ1n) is 9.75. The number of fused-ring (bicyclic) bond motifs is 1. The fourth-order valence-electron chi connectivity index (χ4n) is 4.10. The second-order valence-electron chi connectivity index (χ2n) is 7.40. The van der Waals surface area contributed by atoms with Crippen LogP contribution < -0.4 is 4.90 Å². The number of hydrogen-bond donors (Lipinski definition) is 1. The maximum atomic E-state index is 13.4. The highest BCUT2D eigenvalue weighted by Crippen LogP contribution is 2.31. The van der Waals surface area contributed by atoms with Crippen molar-refractivity contribution >= 4 is 27.3 Å². The molecule has 150 valence electrons. The van der Waals surface area contributed by atoms with Gasteiger partial charge in [-0.1, -0.05) is 30.3 Å². The molecule has 1 saturated heterocycles. The summed E-state index contributed by atoms with van der Waals surface area (Å²) in [6, 6.07) is 10.5. The Labute approximate surface area is 170 Å². The Morgan fingerprint density at radius 2 is 1.86 bits per heavy atom. The van der Waals surface area contributed by atoms with E-state index in [2.05, 4.69) is 6.92 Å². The zero-order valence-electron chi connectivity index (χ0n) is 16.0. The summed E-state index contributed by atoms with van der Waals surface area (Å²) < 4.78 is 28.3. The van der Waals surface area contributed by atoms with Crippen LogP contribution in [0.5, 0.6) is 0 Å². The number of carbonyl (C=O) groups is 1. The molecule has 1 N–H and O–H groups in total. The number of nitrogens with zero attached hydrogens (tertiary/aromatic N) is 2. The lowest BCUT2D eigenvalue weighted by molar-refractivity contribution is -0.902. The smallest absolute Gasteiger partial charge is 0.253 e. The zero-order valence-corrected chi connectivity index (χ0v) is 17.6. The minimum absolute atomic E-state index is 0.0650. The standard InChI is InChI=1S/C20H25N3O3S2/c1-2-21-9-11-22(12-10-21)20(24)18-14-16-6-3-4-7-17(16)15-23(18)28(25,26)19-8-5-13-27-19/h3-8,13,18H,2,9-12,14-15H2,1H3/p+1/t18-/m1/s1. The van der Waals surface area contributed by atoms with Gasteiger partial charge in [-0.05, 0) is 35.9 Å². The highest BCUT2D eigenvalue weighted by molar-refractivity contribution is 7.91. The summed E-state index contributed by atoms with van der Waals surface area (Å²) >= 11 is 1.20. The number of piperazine rings is 1. The predicted octanol–water partition coefficient (Wildman–Crippen LogP) is 0.611. The van der Waals surface area contributed by atoms with Crippen molar-refractivity contribution in [3.63, 3.8) is 0 Å². The van der Waals surface area contributed by atoms with Crippen molar-refractivity contribution in [3.8, 4) is 0 Å². The predicted molar refractivity (Wildman–Crippen MR) is 109 cm³/mol. The molecule has 1 aromatic carbocycles. The van der Waals surface area contributed by atoms with E-state index in [1.165, 1.54) is 20.5 Å². The molecule has 2 aliphatic heterocycles. The fraction of sp³-hybridized carbons (Fsp3) is 0.450. The molecule has 28 heavy (non-hydrogen) atoms. The Hall–Kier alpha value is -1.74. The van der Waals surface area contributed by atoms with E-state index in [-0.39, 0.29) is 12.5 Å². The molecule has 1 aromatic heterocycles. The molecule has 6 nitrogen and oxygen atoms in total. The summed E-state index contributed by atoms with van der Waals surface area (Å²) in [5.41, 5.74) is 2.04. The average Bonchev–Trinajstić information content (AvgIpc) is 3.28. The van der Waals surface area contributed by atoms with Crippen molar-refractivity contribution in [1.82, 2.24) is 9.21 Å². The van der Waals surface area contributed by atoms with Crippen molar-refractivity contribution in [1.29, 1.82) is 0 Å². The lowest BCUT2D eigenvalue weighted by atomic mass is 9.95. The van der Waals surface area contributed by atoms with Crippen molar-refractivity contribution in [2.75, 3.05) is 32.7 Å². The number of hydrogen-bond acceptors (Lipinski definition) is 4. The van der Waals surface area contributed by atoms with Crippen LogP contribution in [0, 0.1) is 0 Å². The number of amides is 1. The third-order valence-corrected chi connectivity index (χ3v) is 9.06. The van der Waals surface area contributed by atoms with Gasteiger partial charge in [0.15, 0.2) is 0 Å². The Bertz CT molecular complexity index is 935. The first-order chi connectivity index (χ1) is 13.5. The van der Waals surface area contributed by atoms with E-state index in [1.807, 2.05) is 29.2 Å². The molecule has 0 bridgehead atoms. The van der Waals surface area contributed by atoms with E-state index in [1.54, 1.807) is 17.5 Å². The summed E-state index contributed by atoms with van der Waals surface area (Å²) in [6.45, 7) is 6.66. The van der Waals surface area contributed by atoms with Crippen LogP contribution in [0.2, 0.25) is 0 Å². The largest absolute Gasteiger partial charge is 0.332 e. The van der Waals surface area contributed by atoms with E-state index < -0.39 is 16.1 Å². The van der Waals surface area contributed by atoms with Crippen LogP contribution in [0.1, 0.15) is 18.1 Å². The van der Waals surface area contributed by atoms with Gasteiger partial charge in [0.05, 0.1) is 32.7 Å². The van der Waals surface area contributed by atoms with Gasteiger partial charge >= 0.3 is 0 Å². The van der Waals surface area contributed by atoms with Gasteiger partial charge in [-0.2, -0.15) is 4.31 Å². The number of carbonyl (C=O) groups excluding carboxylic acids is 1. The number of benzene rings is 1. The van der Waals surface area contributed by atoms with Gasteiger partial charge in [-0.25, -0.2) is 8.42 Å². The third-order valence-electron chi connectivity index (χ3n) is 5.83. The summed E-state index contributed by atoms with van der Waals surface area (Å²) in [7, 11) is -3.71. The molecule has 4 rings (SSSR count). The van der Waals surface area contributed by atoms with Crippen molar-refractivity contribution in [2.45, 2.75) is 30.1 Å². The quantitative estimate of drug-likeness (QED) is 0.789. The highest BCUT2D eigenvalue weighted by atomic mass is 32.2. The fourth-order valence-corrected chi connectivity index (χ4v) is 6.77. The average molecular weight is 421 g/mol. The normalized spacial score (nSPS) is 21.5. The van der Waals surface area contributed by atoms with Crippen LogP contribution in [0.3, 0.4) is 0 Å². The number of rotatable bonds is 4. The Kier molecular flexibility index (Phi) is 5.55. The number of sulfonamides is 1. The Balaban J connectivity index is 1.65. The molecule has 1 atom stereocenters. The second kappa shape index (κ2) is 7.94. The molecule has 1 amide bonds. The van der Waals surface area contributed by atoms with Crippen LogP contribution >= 0.6 is 11.3 Å². The maximum absolute atomic E-state index is 13.4. The monoisotopic (exact) mass is 420 g/mol. The van der Waals surface area contributed by atoms with E-state index in [0.29, 0.717) is 23.7 Å². The highest BCUT2D eigenvalue weighted by Gasteiger charge is 2.42. The summed E-state index contributed by atoms with van der Waals surface area (Å²) in [4.78, 5) is 16.7. The summed E-state index contributed by atoms with van der Waals surface area (Å²) in [5.74, 6) is -0.0650. The minimum atomic E-state index is -3.71. The van der Waals surface area contributed by atoms with E-state index >= 15 is 0 Å². The number of nitrogens with one attached hydrogen (secondary N) is 1. The van der Waals surface area contributed by atoms with Crippen LogP contribution in [-0.2, 0) is 27.8 Å². The van der Waals surface area contributed by atoms with Crippen molar-refractivity contribution in [2.24, 2.45) is 0 Å². The first kappa shape index (κ1) is 19.6. The van der Waals surface area contributed by atoms with Gasteiger partial charge in [-0.3, -0.25) is 4.79 Å². The lowest BCUT2D eigenvalue weighted by Crippen LogP contribution is -3.14. The molecular weight excluding hydrogens is 394 g/mol. The molecule has 0 aliphatic carbocycles. The SMILES string of the molecule is CC[NH+]1CCN(C(=O)[C@H]2Cc3ccccc3CN2S(=O)(=O)c2cccs2)CC1. The van der Waals surface area contributed by atoms with E-state index in [9.17, 15) is 13.2 Å². The zero-order chi connectivity index (χ0) is 19.7. The van der Waals surface area contributed by atoms with Gasteiger partial charge < -0.3 is 9.80 Å². The third kappa shape index (κ3) is 3.61. The maximum Gasteiger partial charge on any atom is 0.253 e. The van der Waals surface area contributed by atoms with Gasteiger partial charge in [-0.15, -0.1) is 11.3 Å². The number of thiophene rings is 1. The summed E-state index contributed by atoms with van der Waals surface area (Å²) in [5, 5.41) is 1.76. The van der Waals surface area contributed by atoms with E-state index in [4.69, 9.17) is 0 Å². The number of likely N-dealkylation sites (N-methyl/N-ethyl adjacent to an activating group) is 1. The molecule has 2 aliphatic rings. The lowest BCUT2D eigenvalue weighted by Gasteiger charge is -2.39. The Morgan fingerprint density at radius 1 is 1.14 bits per heavy atom. The molecule has 1 fully saturated rings. The van der Waals surface area contributed by atoms with Crippen molar-refractivity contribution < 1.29 is 18.1 Å². The molecule has 0 radical (unpaired) electrons. The molecule has 2 aromatic rings. The molecule has 0 unspecified atom stereocenters. The Morgan fingerprint density at radius 3 is 2.50 bits per heavy atom. The minimum Gasteiger partial charge on any atom is -0.332 e. The molecule has 0 saturated carbocycles. The van der Waals surface area contributed by atoms with Gasteiger partial charge in [0, 0.05) is 6.54 Å². The van der Waals surface area contributed by atoms with Crippen LogP contribution in [0.25, 0.3) is 0 Å². The van der Waals surface area contributed by atoms with Gasteiger partial charge in [0.2, 0.25) is 5.91 Å². The van der Waals surface area contributed by atoms with Crippen molar-refractivity contribution in [3.05, 3.63) is 52.9 Å². The first-order valence-corrected chi connectivity index (χ1v) is 12.1. The molecule has 3 heterocycles.